The predicted molar refractivity (Wildman–Crippen MR) is 94.7 cm³/mol. The first-order valence-electron chi connectivity index (χ1n) is 8.12. The van der Waals surface area contributed by atoms with E-state index in [-0.39, 0.29) is 28.7 Å². The summed E-state index contributed by atoms with van der Waals surface area (Å²) < 4.78 is 33.6. The van der Waals surface area contributed by atoms with Crippen molar-refractivity contribution < 1.29 is 17.9 Å². The van der Waals surface area contributed by atoms with Gasteiger partial charge in [-0.3, -0.25) is 4.79 Å². The molecule has 2 aliphatic rings. The fourth-order valence-corrected chi connectivity index (χ4v) is 7.00. The van der Waals surface area contributed by atoms with Crippen LogP contribution in [0.4, 0.5) is 0 Å². The smallest absolute Gasteiger partial charge is 0.313 e. The first-order valence-corrected chi connectivity index (χ1v) is 10.4. The van der Waals surface area contributed by atoms with Crippen LogP contribution in [0.2, 0.25) is 0 Å². The molecule has 0 bridgehead atoms. The number of benzene rings is 1. The number of methoxy groups -OCH3 is 1. The first kappa shape index (κ1) is 16.9. The Kier molecular flexibility index (Phi) is 3.55. The number of sulfonamides is 1. The number of carbonyl (C=O) groups is 1. The molecular weight excluding hydrogens is 360 g/mol. The Morgan fingerprint density at radius 1 is 1.40 bits per heavy atom. The normalized spacial score (nSPS) is 28.5. The molecule has 1 aliphatic carbocycles. The van der Waals surface area contributed by atoms with Crippen molar-refractivity contribution in [3.63, 3.8) is 0 Å². The fraction of sp³-hybridized carbons (Fsp3) is 0.529. The zero-order valence-corrected chi connectivity index (χ0v) is 16.0. The molecule has 0 spiro atoms. The Morgan fingerprint density at radius 3 is 2.84 bits per heavy atom. The van der Waals surface area contributed by atoms with E-state index in [1.807, 2.05) is 0 Å². The van der Waals surface area contributed by atoms with Crippen molar-refractivity contribution >= 4 is 37.5 Å². The minimum Gasteiger partial charge on any atom is -0.469 e. The molecular formula is C17H20N2O4S2. The number of thiazole rings is 1. The van der Waals surface area contributed by atoms with Crippen LogP contribution in [-0.2, 0) is 19.6 Å². The molecule has 1 saturated heterocycles. The van der Waals surface area contributed by atoms with Crippen LogP contribution in [0.15, 0.2) is 28.6 Å². The quantitative estimate of drug-likeness (QED) is 0.765. The lowest BCUT2D eigenvalue weighted by atomic mass is 9.48. The predicted octanol–water partition coefficient (Wildman–Crippen LogP) is 2.51. The number of fused-ring (bicyclic) bond motifs is 2. The van der Waals surface area contributed by atoms with Crippen molar-refractivity contribution in [2.24, 2.45) is 16.7 Å². The molecule has 8 heteroatoms. The van der Waals surface area contributed by atoms with Crippen molar-refractivity contribution in [3.8, 4) is 0 Å². The molecule has 1 aromatic heterocycles. The van der Waals surface area contributed by atoms with Crippen LogP contribution in [0.3, 0.4) is 0 Å². The zero-order chi connectivity index (χ0) is 18.0. The van der Waals surface area contributed by atoms with E-state index in [1.165, 1.54) is 22.8 Å². The van der Waals surface area contributed by atoms with Crippen LogP contribution in [0.25, 0.3) is 10.2 Å². The van der Waals surface area contributed by atoms with E-state index < -0.39 is 15.4 Å². The van der Waals surface area contributed by atoms with Gasteiger partial charge in [-0.1, -0.05) is 13.8 Å². The van der Waals surface area contributed by atoms with Crippen LogP contribution in [0.1, 0.15) is 20.3 Å². The molecule has 1 saturated carbocycles. The summed E-state index contributed by atoms with van der Waals surface area (Å²) in [5.41, 5.74) is 1.71. The number of hydrogen-bond donors (Lipinski definition) is 0. The second-order valence-electron chi connectivity index (χ2n) is 7.65. The molecule has 2 atom stereocenters. The third-order valence-electron chi connectivity index (χ3n) is 5.76. The highest BCUT2D eigenvalue weighted by Gasteiger charge is 2.68. The monoisotopic (exact) mass is 380 g/mol. The summed E-state index contributed by atoms with van der Waals surface area (Å²) in [4.78, 5) is 16.8. The number of hydrogen-bond acceptors (Lipinski definition) is 6. The molecule has 134 valence electrons. The summed E-state index contributed by atoms with van der Waals surface area (Å²) in [7, 11) is -2.29. The van der Waals surface area contributed by atoms with Crippen LogP contribution < -0.4 is 0 Å². The van der Waals surface area contributed by atoms with Crippen LogP contribution in [-0.4, -0.2) is 43.9 Å². The highest BCUT2D eigenvalue weighted by molar-refractivity contribution is 7.89. The maximum Gasteiger partial charge on any atom is 0.313 e. The van der Waals surface area contributed by atoms with Crippen LogP contribution in [0.5, 0.6) is 0 Å². The lowest BCUT2D eigenvalue weighted by Crippen LogP contribution is -2.57. The van der Waals surface area contributed by atoms with E-state index in [0.29, 0.717) is 13.0 Å². The minimum absolute atomic E-state index is 0.0191. The second kappa shape index (κ2) is 5.25. The summed E-state index contributed by atoms with van der Waals surface area (Å²) in [6.45, 7) is 4.71. The molecule has 0 amide bonds. The summed E-state index contributed by atoms with van der Waals surface area (Å²) in [6, 6.07) is 4.98. The number of nitrogens with zero attached hydrogens (tertiary/aromatic N) is 2. The molecule has 1 aromatic carbocycles. The zero-order valence-electron chi connectivity index (χ0n) is 14.4. The number of ether oxygens (including phenoxy) is 1. The third kappa shape index (κ3) is 2.27. The number of rotatable bonds is 3. The van der Waals surface area contributed by atoms with Crippen molar-refractivity contribution in [1.29, 1.82) is 0 Å². The van der Waals surface area contributed by atoms with Gasteiger partial charge in [0, 0.05) is 13.1 Å². The summed E-state index contributed by atoms with van der Waals surface area (Å²) >= 11 is 1.41. The molecule has 0 radical (unpaired) electrons. The maximum atomic E-state index is 13.1. The average Bonchev–Trinajstić information content (AvgIpc) is 3.16. The molecule has 25 heavy (non-hydrogen) atoms. The Morgan fingerprint density at radius 2 is 2.16 bits per heavy atom. The van der Waals surface area contributed by atoms with Crippen LogP contribution in [0, 0.1) is 16.7 Å². The average molecular weight is 380 g/mol. The van der Waals surface area contributed by atoms with Gasteiger partial charge in [0.2, 0.25) is 10.0 Å². The lowest BCUT2D eigenvalue weighted by molar-refractivity contribution is -0.174. The van der Waals surface area contributed by atoms with Crippen molar-refractivity contribution in [2.45, 2.75) is 25.2 Å². The fourth-order valence-electron chi connectivity index (χ4n) is 4.66. The van der Waals surface area contributed by atoms with Gasteiger partial charge in [0.15, 0.2) is 0 Å². The molecule has 4 rings (SSSR count). The molecule has 2 heterocycles. The summed E-state index contributed by atoms with van der Waals surface area (Å²) in [6.07, 6.45) is 0.650. The van der Waals surface area contributed by atoms with E-state index in [1.54, 1.807) is 23.7 Å². The van der Waals surface area contributed by atoms with Gasteiger partial charge >= 0.3 is 5.97 Å². The first-order chi connectivity index (χ1) is 11.7. The lowest BCUT2D eigenvalue weighted by Gasteiger charge is -2.54. The molecule has 1 aliphatic heterocycles. The molecule has 0 unspecified atom stereocenters. The molecule has 2 fully saturated rings. The Bertz CT molecular complexity index is 966. The van der Waals surface area contributed by atoms with Gasteiger partial charge in [-0.05, 0) is 36.0 Å². The highest BCUT2D eigenvalue weighted by atomic mass is 32.2. The van der Waals surface area contributed by atoms with Gasteiger partial charge in [0.05, 0.1) is 33.1 Å². The van der Waals surface area contributed by atoms with Crippen molar-refractivity contribution in [1.82, 2.24) is 9.29 Å². The van der Waals surface area contributed by atoms with E-state index >= 15 is 0 Å². The molecule has 2 aromatic rings. The summed E-state index contributed by atoms with van der Waals surface area (Å²) in [5, 5.41) is 0. The van der Waals surface area contributed by atoms with Gasteiger partial charge in [-0.25, -0.2) is 13.4 Å². The van der Waals surface area contributed by atoms with E-state index in [9.17, 15) is 13.2 Å². The molecule has 6 nitrogen and oxygen atoms in total. The van der Waals surface area contributed by atoms with Gasteiger partial charge < -0.3 is 4.74 Å². The van der Waals surface area contributed by atoms with Gasteiger partial charge in [-0.2, -0.15) is 4.31 Å². The molecule has 0 N–H and O–H groups in total. The van der Waals surface area contributed by atoms with Crippen LogP contribution >= 0.6 is 11.3 Å². The van der Waals surface area contributed by atoms with Gasteiger partial charge in [0.25, 0.3) is 0 Å². The number of aromatic nitrogens is 1. The highest BCUT2D eigenvalue weighted by Crippen LogP contribution is 2.63. The Labute approximate surface area is 150 Å². The second-order valence-corrected chi connectivity index (χ2v) is 10.5. The third-order valence-corrected chi connectivity index (χ3v) is 8.36. The standard InChI is InChI=1S/C17H20N2O4S2/c1-16(2)8-17(15(20)23-3)9-19(7-14(16)17)25(21,22)11-4-5-12-13(6-11)24-10-18-12/h4-6,10,14H,7-9H2,1-3H3/t14-,17+/m1/s1. The van der Waals surface area contributed by atoms with E-state index in [4.69, 9.17) is 4.74 Å². The van der Waals surface area contributed by atoms with Crippen molar-refractivity contribution in [3.05, 3.63) is 23.7 Å². The van der Waals surface area contributed by atoms with E-state index in [2.05, 4.69) is 18.8 Å². The number of esters is 1. The summed E-state index contributed by atoms with van der Waals surface area (Å²) in [5.74, 6) is -0.318. The number of carbonyl (C=O) groups excluding carboxylic acids is 1. The minimum atomic E-state index is -3.66. The maximum absolute atomic E-state index is 13.1. The van der Waals surface area contributed by atoms with Crippen molar-refractivity contribution in [2.75, 3.05) is 20.2 Å². The van der Waals surface area contributed by atoms with Gasteiger partial charge in [0.1, 0.15) is 0 Å². The van der Waals surface area contributed by atoms with E-state index in [0.717, 1.165) is 10.2 Å². The Balaban J connectivity index is 1.71. The largest absolute Gasteiger partial charge is 0.469 e. The van der Waals surface area contributed by atoms with Gasteiger partial charge in [-0.15, -0.1) is 11.3 Å². The Hall–Kier alpha value is -1.51. The SMILES string of the molecule is COC(=O)[C@@]12CN(S(=O)(=O)c3ccc4ncsc4c3)C[C@@H]1C(C)(C)C2. The topological polar surface area (TPSA) is 76.6 Å².